The van der Waals surface area contributed by atoms with Gasteiger partial charge < -0.3 is 15.5 Å². The van der Waals surface area contributed by atoms with E-state index >= 15 is 0 Å². The van der Waals surface area contributed by atoms with E-state index in [0.717, 1.165) is 32.4 Å². The highest BCUT2D eigenvalue weighted by molar-refractivity contribution is 5.79. The molecule has 2 saturated heterocycles. The minimum atomic E-state index is 0.217. The lowest BCUT2D eigenvalue weighted by Gasteiger charge is -2.30. The molecule has 0 aromatic heterocycles. The normalized spacial score (nSPS) is 36.3. The summed E-state index contributed by atoms with van der Waals surface area (Å²) in [6.45, 7) is 4.53. The first-order valence-electron chi connectivity index (χ1n) is 8.02. The molecule has 2 N–H and O–H groups in total. The van der Waals surface area contributed by atoms with E-state index in [0.29, 0.717) is 11.9 Å². The van der Waals surface area contributed by atoms with E-state index in [-0.39, 0.29) is 12.0 Å². The van der Waals surface area contributed by atoms with Crippen molar-refractivity contribution in [2.45, 2.75) is 57.0 Å². The van der Waals surface area contributed by atoms with Gasteiger partial charge >= 0.3 is 0 Å². The molecule has 1 aliphatic carbocycles. The number of nitrogens with two attached hydrogens (primary N) is 1. The second-order valence-corrected chi connectivity index (χ2v) is 6.61. The van der Waals surface area contributed by atoms with Crippen molar-refractivity contribution in [3.63, 3.8) is 0 Å². The van der Waals surface area contributed by atoms with Crippen LogP contribution >= 0.6 is 0 Å². The zero-order valence-electron chi connectivity index (χ0n) is 11.9. The SMILES string of the molecule is NC1CCC(C(=O)N2CCCC2CN2CCCC2)C1. The maximum Gasteiger partial charge on any atom is 0.226 e. The van der Waals surface area contributed by atoms with Gasteiger partial charge in [-0.25, -0.2) is 0 Å². The van der Waals surface area contributed by atoms with Gasteiger partial charge in [-0.15, -0.1) is 0 Å². The highest BCUT2D eigenvalue weighted by Gasteiger charge is 2.36. The minimum absolute atomic E-state index is 0.217. The van der Waals surface area contributed by atoms with E-state index in [9.17, 15) is 4.79 Å². The first-order valence-corrected chi connectivity index (χ1v) is 8.02. The third kappa shape index (κ3) is 2.95. The summed E-state index contributed by atoms with van der Waals surface area (Å²) >= 11 is 0. The van der Waals surface area contributed by atoms with E-state index in [1.165, 1.54) is 38.8 Å². The second-order valence-electron chi connectivity index (χ2n) is 6.61. The van der Waals surface area contributed by atoms with Gasteiger partial charge in [0.15, 0.2) is 0 Å². The molecule has 3 unspecified atom stereocenters. The van der Waals surface area contributed by atoms with Crippen LogP contribution in [0.25, 0.3) is 0 Å². The van der Waals surface area contributed by atoms with E-state index in [4.69, 9.17) is 5.73 Å². The Morgan fingerprint density at radius 3 is 2.53 bits per heavy atom. The predicted octanol–water partition coefficient (Wildman–Crippen LogP) is 1.20. The van der Waals surface area contributed by atoms with E-state index in [1.54, 1.807) is 0 Å². The predicted molar refractivity (Wildman–Crippen MR) is 75.7 cm³/mol. The summed E-state index contributed by atoms with van der Waals surface area (Å²) in [5.41, 5.74) is 5.95. The molecule has 4 nitrogen and oxygen atoms in total. The first-order chi connectivity index (χ1) is 9.24. The maximum atomic E-state index is 12.6. The van der Waals surface area contributed by atoms with E-state index in [2.05, 4.69) is 9.80 Å². The van der Waals surface area contributed by atoms with Crippen LogP contribution in [0.3, 0.4) is 0 Å². The summed E-state index contributed by atoms with van der Waals surface area (Å²) in [5, 5.41) is 0. The van der Waals surface area contributed by atoms with Crippen LogP contribution in [0.5, 0.6) is 0 Å². The summed E-state index contributed by atoms with van der Waals surface area (Å²) in [4.78, 5) is 17.3. The minimum Gasteiger partial charge on any atom is -0.338 e. The third-order valence-electron chi connectivity index (χ3n) is 5.15. The van der Waals surface area contributed by atoms with Crippen molar-refractivity contribution in [3.05, 3.63) is 0 Å². The fraction of sp³-hybridized carbons (Fsp3) is 0.933. The van der Waals surface area contributed by atoms with Gasteiger partial charge in [0, 0.05) is 31.1 Å². The van der Waals surface area contributed by atoms with Gasteiger partial charge in [-0.05, 0) is 58.0 Å². The molecule has 3 fully saturated rings. The zero-order chi connectivity index (χ0) is 13.2. The van der Waals surface area contributed by atoms with Crippen LogP contribution in [-0.2, 0) is 4.79 Å². The Hall–Kier alpha value is -0.610. The van der Waals surface area contributed by atoms with E-state index in [1.807, 2.05) is 0 Å². The molecule has 0 aromatic rings. The molecule has 1 amide bonds. The van der Waals surface area contributed by atoms with E-state index < -0.39 is 0 Å². The highest BCUT2D eigenvalue weighted by atomic mass is 16.2. The van der Waals surface area contributed by atoms with Crippen LogP contribution in [0, 0.1) is 5.92 Å². The lowest BCUT2D eigenvalue weighted by molar-refractivity contribution is -0.136. The zero-order valence-corrected chi connectivity index (χ0v) is 11.9. The third-order valence-corrected chi connectivity index (χ3v) is 5.15. The molecule has 3 atom stereocenters. The second kappa shape index (κ2) is 5.80. The van der Waals surface area contributed by atoms with Crippen molar-refractivity contribution in [1.29, 1.82) is 0 Å². The maximum absolute atomic E-state index is 12.6. The number of hydrogen-bond donors (Lipinski definition) is 1. The molecule has 2 aliphatic heterocycles. The molecule has 3 aliphatic rings. The molecular weight excluding hydrogens is 238 g/mol. The summed E-state index contributed by atoms with van der Waals surface area (Å²) in [6, 6.07) is 0.732. The smallest absolute Gasteiger partial charge is 0.226 e. The molecule has 0 bridgehead atoms. The Morgan fingerprint density at radius 1 is 1.05 bits per heavy atom. The first kappa shape index (κ1) is 13.4. The molecule has 3 rings (SSSR count). The fourth-order valence-electron chi connectivity index (χ4n) is 4.05. The molecule has 1 saturated carbocycles. The van der Waals surface area contributed by atoms with Crippen LogP contribution in [0.2, 0.25) is 0 Å². The summed E-state index contributed by atoms with van der Waals surface area (Å²) in [6.07, 6.45) is 7.99. The fourth-order valence-corrected chi connectivity index (χ4v) is 4.05. The Kier molecular flexibility index (Phi) is 4.08. The molecule has 2 heterocycles. The lowest BCUT2D eigenvalue weighted by Crippen LogP contribution is -2.44. The Labute approximate surface area is 116 Å². The quantitative estimate of drug-likeness (QED) is 0.834. The molecule has 4 heteroatoms. The van der Waals surface area contributed by atoms with Gasteiger partial charge in [0.05, 0.1) is 0 Å². The number of carbonyl (C=O) groups excluding carboxylic acids is 1. The summed E-state index contributed by atoms with van der Waals surface area (Å²) < 4.78 is 0. The van der Waals surface area contributed by atoms with Crippen LogP contribution in [0.15, 0.2) is 0 Å². The standard InChI is InChI=1S/C15H27N3O/c16-13-6-5-12(10-13)15(19)18-9-3-4-14(18)11-17-7-1-2-8-17/h12-14H,1-11,16H2. The van der Waals surface area contributed by atoms with Gasteiger partial charge in [0.25, 0.3) is 0 Å². The molecule has 0 radical (unpaired) electrons. The molecular formula is C15H27N3O. The number of nitrogens with zero attached hydrogens (tertiary/aromatic N) is 2. The van der Waals surface area contributed by atoms with Crippen LogP contribution in [-0.4, -0.2) is 54.0 Å². The van der Waals surface area contributed by atoms with Crippen LogP contribution in [0.1, 0.15) is 44.9 Å². The molecule has 0 spiro atoms. The molecule has 19 heavy (non-hydrogen) atoms. The van der Waals surface area contributed by atoms with Crippen molar-refractivity contribution in [1.82, 2.24) is 9.80 Å². The number of hydrogen-bond acceptors (Lipinski definition) is 3. The van der Waals surface area contributed by atoms with Gasteiger partial charge in [-0.3, -0.25) is 4.79 Å². The van der Waals surface area contributed by atoms with Crippen molar-refractivity contribution in [2.75, 3.05) is 26.2 Å². The average Bonchev–Trinajstić information content (AvgIpc) is 3.10. The Balaban J connectivity index is 1.57. The van der Waals surface area contributed by atoms with Gasteiger partial charge in [0.2, 0.25) is 5.91 Å². The largest absolute Gasteiger partial charge is 0.338 e. The number of carbonyl (C=O) groups is 1. The topological polar surface area (TPSA) is 49.6 Å². The van der Waals surface area contributed by atoms with Crippen LogP contribution in [0.4, 0.5) is 0 Å². The van der Waals surface area contributed by atoms with Crippen molar-refractivity contribution in [2.24, 2.45) is 11.7 Å². The molecule has 108 valence electrons. The van der Waals surface area contributed by atoms with Crippen LogP contribution < -0.4 is 5.73 Å². The van der Waals surface area contributed by atoms with Crippen molar-refractivity contribution >= 4 is 5.91 Å². The number of rotatable bonds is 3. The highest BCUT2D eigenvalue weighted by Crippen LogP contribution is 2.29. The number of likely N-dealkylation sites (tertiary alicyclic amines) is 2. The Bertz CT molecular complexity index is 327. The summed E-state index contributed by atoms with van der Waals surface area (Å²) in [7, 11) is 0. The van der Waals surface area contributed by atoms with Crippen molar-refractivity contribution in [3.8, 4) is 0 Å². The monoisotopic (exact) mass is 265 g/mol. The summed E-state index contributed by atoms with van der Waals surface area (Å²) in [5.74, 6) is 0.615. The van der Waals surface area contributed by atoms with Gasteiger partial charge in [0.1, 0.15) is 0 Å². The van der Waals surface area contributed by atoms with Gasteiger partial charge in [-0.1, -0.05) is 0 Å². The average molecular weight is 265 g/mol. The Morgan fingerprint density at radius 2 is 1.84 bits per heavy atom. The molecule has 0 aromatic carbocycles. The van der Waals surface area contributed by atoms with Gasteiger partial charge in [-0.2, -0.15) is 0 Å². The van der Waals surface area contributed by atoms with Crippen molar-refractivity contribution < 1.29 is 4.79 Å². The number of amides is 1. The lowest BCUT2D eigenvalue weighted by atomic mass is 10.1.